The molecule has 3 N–H and O–H groups in total. The van der Waals surface area contributed by atoms with Crippen molar-refractivity contribution in [3.8, 4) is 0 Å². The Kier molecular flexibility index (Phi) is 5.47. The minimum Gasteiger partial charge on any atom is -0.384 e. The van der Waals surface area contributed by atoms with Gasteiger partial charge in [-0.15, -0.1) is 0 Å². The van der Waals surface area contributed by atoms with E-state index in [0.717, 1.165) is 22.6 Å². The number of aromatic nitrogens is 3. The normalized spacial score (nSPS) is 10.8. The van der Waals surface area contributed by atoms with Crippen molar-refractivity contribution in [2.75, 3.05) is 11.9 Å². The number of hydrogen-bond acceptors (Lipinski definition) is 4. The second-order valence-corrected chi connectivity index (χ2v) is 6.62. The predicted molar refractivity (Wildman–Crippen MR) is 110 cm³/mol. The van der Waals surface area contributed by atoms with Crippen LogP contribution in [0.15, 0.2) is 66.9 Å². The molecular weight excluding hydrogens is 369 g/mol. The van der Waals surface area contributed by atoms with Crippen molar-refractivity contribution in [2.45, 2.75) is 13.0 Å². The summed E-state index contributed by atoms with van der Waals surface area (Å²) >= 11 is 0. The second kappa shape index (κ2) is 8.52. The fourth-order valence-corrected chi connectivity index (χ4v) is 3.01. The number of anilines is 1. The first-order chi connectivity index (χ1) is 14.2. The number of halogens is 1. The van der Waals surface area contributed by atoms with Crippen LogP contribution in [0.25, 0.3) is 11.0 Å². The highest BCUT2D eigenvalue weighted by atomic mass is 19.1. The summed E-state index contributed by atoms with van der Waals surface area (Å²) in [6.45, 7) is 1.06. The third kappa shape index (κ3) is 4.76. The van der Waals surface area contributed by atoms with E-state index in [4.69, 9.17) is 0 Å². The van der Waals surface area contributed by atoms with Gasteiger partial charge in [-0.05, 0) is 35.9 Å². The Morgan fingerprint density at radius 1 is 1.07 bits per heavy atom. The van der Waals surface area contributed by atoms with Crippen molar-refractivity contribution in [3.63, 3.8) is 0 Å². The number of imidazole rings is 1. The van der Waals surface area contributed by atoms with Gasteiger partial charge in [0.15, 0.2) is 0 Å². The maximum Gasteiger partial charge on any atom is 0.270 e. The molecule has 0 aliphatic carbocycles. The summed E-state index contributed by atoms with van der Waals surface area (Å²) in [5.41, 5.74) is 3.60. The molecule has 0 unspecified atom stereocenters. The van der Waals surface area contributed by atoms with Gasteiger partial charge in [-0.1, -0.05) is 30.3 Å². The molecule has 0 spiro atoms. The monoisotopic (exact) mass is 389 g/mol. The number of aromatic amines is 1. The first-order valence-corrected chi connectivity index (χ1v) is 9.33. The standard InChI is InChI=1S/C22H20FN5O/c23-16-6-7-18-19(12-16)28-21(27-18)9-11-24-17-8-10-25-20(13-17)22(29)26-14-15-4-2-1-3-5-15/h1-8,10,12-13H,9,11,14H2,(H,24,25)(H,26,29)(H,27,28). The first-order valence-electron chi connectivity index (χ1n) is 9.33. The lowest BCUT2D eigenvalue weighted by Crippen LogP contribution is -2.23. The molecule has 0 saturated heterocycles. The molecule has 7 heteroatoms. The van der Waals surface area contributed by atoms with Gasteiger partial charge in [0.25, 0.3) is 5.91 Å². The van der Waals surface area contributed by atoms with Crippen LogP contribution in [0.1, 0.15) is 21.9 Å². The Labute approximate surface area is 167 Å². The number of nitrogens with one attached hydrogen (secondary N) is 3. The number of amides is 1. The smallest absolute Gasteiger partial charge is 0.270 e. The molecule has 0 aliphatic rings. The fourth-order valence-electron chi connectivity index (χ4n) is 3.01. The lowest BCUT2D eigenvalue weighted by atomic mass is 10.2. The van der Waals surface area contributed by atoms with Crippen LogP contribution in [0.4, 0.5) is 10.1 Å². The quantitative estimate of drug-likeness (QED) is 0.450. The van der Waals surface area contributed by atoms with Crippen molar-refractivity contribution in [3.05, 3.63) is 89.8 Å². The summed E-state index contributed by atoms with van der Waals surface area (Å²) in [5, 5.41) is 6.13. The molecule has 6 nitrogen and oxygen atoms in total. The van der Waals surface area contributed by atoms with Crippen LogP contribution in [0, 0.1) is 5.82 Å². The van der Waals surface area contributed by atoms with Crippen LogP contribution in [0.3, 0.4) is 0 Å². The van der Waals surface area contributed by atoms with E-state index in [1.165, 1.54) is 12.1 Å². The van der Waals surface area contributed by atoms with Crippen molar-refractivity contribution < 1.29 is 9.18 Å². The van der Waals surface area contributed by atoms with Crippen molar-refractivity contribution in [1.29, 1.82) is 0 Å². The van der Waals surface area contributed by atoms with E-state index in [2.05, 4.69) is 25.6 Å². The number of fused-ring (bicyclic) bond motifs is 1. The van der Waals surface area contributed by atoms with E-state index in [0.29, 0.717) is 30.7 Å². The second-order valence-electron chi connectivity index (χ2n) is 6.62. The van der Waals surface area contributed by atoms with Crippen molar-refractivity contribution >= 4 is 22.6 Å². The minimum atomic E-state index is -0.291. The van der Waals surface area contributed by atoms with E-state index >= 15 is 0 Å². The van der Waals surface area contributed by atoms with Crippen LogP contribution < -0.4 is 10.6 Å². The van der Waals surface area contributed by atoms with E-state index in [1.807, 2.05) is 36.4 Å². The Bertz CT molecular complexity index is 1130. The van der Waals surface area contributed by atoms with Crippen LogP contribution in [-0.4, -0.2) is 27.4 Å². The molecule has 0 saturated carbocycles. The maximum absolute atomic E-state index is 13.3. The van der Waals surface area contributed by atoms with Gasteiger partial charge in [-0.25, -0.2) is 9.37 Å². The van der Waals surface area contributed by atoms with E-state index in [1.54, 1.807) is 18.3 Å². The van der Waals surface area contributed by atoms with Gasteiger partial charge in [0.2, 0.25) is 0 Å². The number of rotatable bonds is 7. The summed E-state index contributed by atoms with van der Waals surface area (Å²) in [4.78, 5) is 24.1. The Morgan fingerprint density at radius 3 is 2.79 bits per heavy atom. The zero-order valence-electron chi connectivity index (χ0n) is 15.7. The molecule has 2 aromatic heterocycles. The molecule has 146 valence electrons. The molecule has 0 atom stereocenters. The van der Waals surface area contributed by atoms with Gasteiger partial charge in [0, 0.05) is 31.4 Å². The van der Waals surface area contributed by atoms with Crippen LogP contribution >= 0.6 is 0 Å². The molecule has 2 heterocycles. The molecule has 0 radical (unpaired) electrons. The Balaban J connectivity index is 1.32. The molecule has 1 amide bonds. The molecule has 29 heavy (non-hydrogen) atoms. The SMILES string of the molecule is O=C(NCc1ccccc1)c1cc(NCCc2nc3ccc(F)cc3[nH]2)ccn1. The number of hydrogen-bond donors (Lipinski definition) is 3. The van der Waals surface area contributed by atoms with Gasteiger partial charge in [0.05, 0.1) is 11.0 Å². The zero-order chi connectivity index (χ0) is 20.1. The number of carbonyl (C=O) groups excluding carboxylic acids is 1. The number of nitrogens with zero attached hydrogens (tertiary/aromatic N) is 2. The van der Waals surface area contributed by atoms with Gasteiger partial charge < -0.3 is 15.6 Å². The summed E-state index contributed by atoms with van der Waals surface area (Å²) in [6, 6.07) is 17.7. The molecular formula is C22H20FN5O. The lowest BCUT2D eigenvalue weighted by molar-refractivity contribution is 0.0946. The first kappa shape index (κ1) is 18.6. The van der Waals surface area contributed by atoms with Crippen molar-refractivity contribution in [1.82, 2.24) is 20.3 Å². The van der Waals surface area contributed by atoms with Crippen LogP contribution in [-0.2, 0) is 13.0 Å². The molecule has 0 aliphatic heterocycles. The molecule has 0 bridgehead atoms. The highest BCUT2D eigenvalue weighted by Gasteiger charge is 2.08. The summed E-state index contributed by atoms with van der Waals surface area (Å²) in [6.07, 6.45) is 2.23. The van der Waals surface area contributed by atoms with E-state index < -0.39 is 0 Å². The lowest BCUT2D eigenvalue weighted by Gasteiger charge is -2.08. The average molecular weight is 389 g/mol. The van der Waals surface area contributed by atoms with Gasteiger partial charge in [-0.2, -0.15) is 0 Å². The molecule has 4 aromatic rings. The van der Waals surface area contributed by atoms with Gasteiger partial charge >= 0.3 is 0 Å². The average Bonchev–Trinajstić information content (AvgIpc) is 3.15. The van der Waals surface area contributed by atoms with E-state index in [9.17, 15) is 9.18 Å². The third-order valence-corrected chi connectivity index (χ3v) is 4.47. The zero-order valence-corrected chi connectivity index (χ0v) is 15.7. The largest absolute Gasteiger partial charge is 0.384 e. The fraction of sp³-hybridized carbons (Fsp3) is 0.136. The van der Waals surface area contributed by atoms with E-state index in [-0.39, 0.29) is 11.7 Å². The Morgan fingerprint density at radius 2 is 1.93 bits per heavy atom. The highest BCUT2D eigenvalue weighted by Crippen LogP contribution is 2.14. The van der Waals surface area contributed by atoms with Crippen LogP contribution in [0.5, 0.6) is 0 Å². The minimum absolute atomic E-state index is 0.225. The highest BCUT2D eigenvalue weighted by molar-refractivity contribution is 5.93. The summed E-state index contributed by atoms with van der Waals surface area (Å²) in [7, 11) is 0. The predicted octanol–water partition coefficient (Wildman–Crippen LogP) is 3.68. The summed E-state index contributed by atoms with van der Waals surface area (Å²) in [5.74, 6) is 0.255. The third-order valence-electron chi connectivity index (χ3n) is 4.47. The summed E-state index contributed by atoms with van der Waals surface area (Å²) < 4.78 is 13.3. The van der Waals surface area contributed by atoms with Gasteiger partial charge in [-0.3, -0.25) is 9.78 Å². The Hall–Kier alpha value is -3.74. The van der Waals surface area contributed by atoms with Gasteiger partial charge in [0.1, 0.15) is 17.3 Å². The molecule has 2 aromatic carbocycles. The number of benzene rings is 2. The molecule has 4 rings (SSSR count). The molecule has 0 fully saturated rings. The topological polar surface area (TPSA) is 82.7 Å². The van der Waals surface area contributed by atoms with Crippen molar-refractivity contribution in [2.24, 2.45) is 0 Å². The maximum atomic E-state index is 13.3. The number of H-pyrrole nitrogens is 1. The number of pyridine rings is 1. The number of carbonyl (C=O) groups is 1. The van der Waals surface area contributed by atoms with Crippen LogP contribution in [0.2, 0.25) is 0 Å².